The van der Waals surface area contributed by atoms with Gasteiger partial charge in [0, 0.05) is 12.1 Å². The molecule has 0 saturated carbocycles. The van der Waals surface area contributed by atoms with Gasteiger partial charge in [-0.05, 0) is 13.3 Å². The lowest BCUT2D eigenvalue weighted by Gasteiger charge is -2.14. The van der Waals surface area contributed by atoms with Crippen molar-refractivity contribution in [2.45, 2.75) is 51.6 Å². The number of hydrogen-bond acceptors (Lipinski definition) is 2. The van der Waals surface area contributed by atoms with Crippen LogP contribution < -0.4 is 11.5 Å². The van der Waals surface area contributed by atoms with E-state index in [2.05, 4.69) is 6.92 Å². The molecule has 0 aliphatic rings. The maximum Gasteiger partial charge on any atom is 0.0189 e. The molecule has 0 aliphatic carbocycles. The first kappa shape index (κ1) is 9.92. The predicted molar refractivity (Wildman–Crippen MR) is 45.8 cm³/mol. The largest absolute Gasteiger partial charge is 0.327 e. The Bertz CT molecular complexity index is 71.7. The monoisotopic (exact) mass is 144 g/mol. The van der Waals surface area contributed by atoms with E-state index in [9.17, 15) is 0 Å². The van der Waals surface area contributed by atoms with Crippen LogP contribution in [0.15, 0.2) is 0 Å². The van der Waals surface area contributed by atoms with Gasteiger partial charge in [0.05, 0.1) is 0 Å². The standard InChI is InChI=1S/C8H20N2/c1-3-4-5-6-8(10)7(2)9/h7-8H,3-6,9-10H2,1-2H3. The fraction of sp³-hybridized carbons (Fsp3) is 1.00. The Labute approximate surface area is 64.0 Å². The minimum absolute atomic E-state index is 0.150. The van der Waals surface area contributed by atoms with Gasteiger partial charge < -0.3 is 11.5 Å². The van der Waals surface area contributed by atoms with E-state index in [4.69, 9.17) is 11.5 Å². The summed E-state index contributed by atoms with van der Waals surface area (Å²) in [5.41, 5.74) is 11.3. The first-order chi connectivity index (χ1) is 4.68. The summed E-state index contributed by atoms with van der Waals surface area (Å²) in [6.07, 6.45) is 4.83. The molecule has 2 nitrogen and oxygen atoms in total. The zero-order valence-corrected chi connectivity index (χ0v) is 7.14. The third-order valence-corrected chi connectivity index (χ3v) is 1.82. The van der Waals surface area contributed by atoms with Crippen LogP contribution in [0.1, 0.15) is 39.5 Å². The summed E-state index contributed by atoms with van der Waals surface area (Å²) >= 11 is 0. The van der Waals surface area contributed by atoms with Crippen LogP contribution >= 0.6 is 0 Å². The quantitative estimate of drug-likeness (QED) is 0.570. The van der Waals surface area contributed by atoms with Crippen LogP contribution in [0, 0.1) is 0 Å². The minimum atomic E-state index is 0.150. The highest BCUT2D eigenvalue weighted by molar-refractivity contribution is 4.70. The predicted octanol–water partition coefficient (Wildman–Crippen LogP) is 1.24. The summed E-state index contributed by atoms with van der Waals surface area (Å²) in [7, 11) is 0. The minimum Gasteiger partial charge on any atom is -0.327 e. The van der Waals surface area contributed by atoms with E-state index < -0.39 is 0 Å². The van der Waals surface area contributed by atoms with Gasteiger partial charge in [0.2, 0.25) is 0 Å². The molecule has 0 bridgehead atoms. The van der Waals surface area contributed by atoms with E-state index in [1.165, 1.54) is 19.3 Å². The van der Waals surface area contributed by atoms with Crippen molar-refractivity contribution in [3.8, 4) is 0 Å². The van der Waals surface area contributed by atoms with E-state index >= 15 is 0 Å². The number of nitrogens with two attached hydrogens (primary N) is 2. The summed E-state index contributed by atoms with van der Waals surface area (Å²) in [5, 5.41) is 0. The summed E-state index contributed by atoms with van der Waals surface area (Å²) in [6.45, 7) is 4.16. The molecule has 0 aromatic rings. The van der Waals surface area contributed by atoms with E-state index in [1.54, 1.807) is 0 Å². The molecule has 2 heteroatoms. The molecule has 0 aromatic carbocycles. The molecule has 0 rings (SSSR count). The molecule has 62 valence electrons. The zero-order valence-electron chi connectivity index (χ0n) is 7.14. The van der Waals surface area contributed by atoms with E-state index in [-0.39, 0.29) is 12.1 Å². The van der Waals surface area contributed by atoms with Gasteiger partial charge in [-0.3, -0.25) is 0 Å². The Morgan fingerprint density at radius 2 is 1.80 bits per heavy atom. The van der Waals surface area contributed by atoms with Crippen LogP contribution in [-0.4, -0.2) is 12.1 Å². The highest BCUT2D eigenvalue weighted by atomic mass is 14.8. The van der Waals surface area contributed by atoms with Gasteiger partial charge in [-0.25, -0.2) is 0 Å². The topological polar surface area (TPSA) is 52.0 Å². The average molecular weight is 144 g/mol. The fourth-order valence-corrected chi connectivity index (χ4v) is 0.893. The van der Waals surface area contributed by atoms with Crippen molar-refractivity contribution < 1.29 is 0 Å². The summed E-state index contributed by atoms with van der Waals surface area (Å²) in [6, 6.07) is 0.350. The highest BCUT2D eigenvalue weighted by Gasteiger charge is 2.05. The Kier molecular flexibility index (Phi) is 5.64. The highest BCUT2D eigenvalue weighted by Crippen LogP contribution is 2.02. The lowest BCUT2D eigenvalue weighted by atomic mass is 10.0. The molecule has 0 heterocycles. The molecule has 0 radical (unpaired) electrons. The normalized spacial score (nSPS) is 16.8. The van der Waals surface area contributed by atoms with Gasteiger partial charge in [-0.1, -0.05) is 26.2 Å². The molecular weight excluding hydrogens is 124 g/mol. The molecule has 0 aliphatic heterocycles. The second-order valence-electron chi connectivity index (χ2n) is 3.02. The van der Waals surface area contributed by atoms with E-state index in [0.29, 0.717) is 0 Å². The second-order valence-corrected chi connectivity index (χ2v) is 3.02. The summed E-state index contributed by atoms with van der Waals surface area (Å²) < 4.78 is 0. The van der Waals surface area contributed by atoms with Gasteiger partial charge >= 0.3 is 0 Å². The van der Waals surface area contributed by atoms with Crippen molar-refractivity contribution in [1.29, 1.82) is 0 Å². The maximum absolute atomic E-state index is 5.73. The molecule has 2 atom stereocenters. The first-order valence-electron chi connectivity index (χ1n) is 4.19. The molecule has 0 amide bonds. The van der Waals surface area contributed by atoms with Crippen LogP contribution in [0.5, 0.6) is 0 Å². The lowest BCUT2D eigenvalue weighted by molar-refractivity contribution is 0.495. The van der Waals surface area contributed by atoms with Crippen molar-refractivity contribution in [1.82, 2.24) is 0 Å². The molecule has 4 N–H and O–H groups in total. The van der Waals surface area contributed by atoms with Crippen molar-refractivity contribution in [3.05, 3.63) is 0 Å². The molecule has 0 fully saturated rings. The average Bonchev–Trinajstić information content (AvgIpc) is 1.88. The molecule has 0 saturated heterocycles. The lowest BCUT2D eigenvalue weighted by Crippen LogP contribution is -2.38. The Balaban J connectivity index is 3.13. The fourth-order valence-electron chi connectivity index (χ4n) is 0.893. The number of unbranched alkanes of at least 4 members (excludes halogenated alkanes) is 2. The molecule has 0 spiro atoms. The Morgan fingerprint density at radius 1 is 1.20 bits per heavy atom. The molecule has 0 aromatic heterocycles. The van der Waals surface area contributed by atoms with Crippen LogP contribution in [0.4, 0.5) is 0 Å². The van der Waals surface area contributed by atoms with Gasteiger partial charge in [0.15, 0.2) is 0 Å². The number of hydrogen-bond donors (Lipinski definition) is 2. The Morgan fingerprint density at radius 3 is 2.20 bits per heavy atom. The first-order valence-corrected chi connectivity index (χ1v) is 4.19. The smallest absolute Gasteiger partial charge is 0.0189 e. The summed E-state index contributed by atoms with van der Waals surface area (Å²) in [4.78, 5) is 0. The maximum atomic E-state index is 5.73. The third kappa shape index (κ3) is 4.77. The van der Waals surface area contributed by atoms with E-state index in [0.717, 1.165) is 6.42 Å². The Hall–Kier alpha value is -0.0800. The van der Waals surface area contributed by atoms with Gasteiger partial charge in [0.1, 0.15) is 0 Å². The van der Waals surface area contributed by atoms with Crippen LogP contribution in [0.25, 0.3) is 0 Å². The molecule has 10 heavy (non-hydrogen) atoms. The molecular formula is C8H20N2. The number of rotatable bonds is 5. The van der Waals surface area contributed by atoms with E-state index in [1.807, 2.05) is 6.92 Å². The van der Waals surface area contributed by atoms with Gasteiger partial charge in [-0.15, -0.1) is 0 Å². The van der Waals surface area contributed by atoms with Crippen LogP contribution in [-0.2, 0) is 0 Å². The van der Waals surface area contributed by atoms with Crippen molar-refractivity contribution in [2.75, 3.05) is 0 Å². The van der Waals surface area contributed by atoms with Gasteiger partial charge in [-0.2, -0.15) is 0 Å². The second kappa shape index (κ2) is 5.69. The SMILES string of the molecule is CCCCCC(N)C(C)N. The third-order valence-electron chi connectivity index (χ3n) is 1.82. The van der Waals surface area contributed by atoms with Crippen LogP contribution in [0.2, 0.25) is 0 Å². The zero-order chi connectivity index (χ0) is 7.98. The van der Waals surface area contributed by atoms with Crippen molar-refractivity contribution in [3.63, 3.8) is 0 Å². The molecule has 2 unspecified atom stereocenters. The van der Waals surface area contributed by atoms with Crippen molar-refractivity contribution >= 4 is 0 Å². The van der Waals surface area contributed by atoms with Gasteiger partial charge in [0.25, 0.3) is 0 Å². The van der Waals surface area contributed by atoms with Crippen LogP contribution in [0.3, 0.4) is 0 Å². The van der Waals surface area contributed by atoms with Crippen molar-refractivity contribution in [2.24, 2.45) is 11.5 Å². The summed E-state index contributed by atoms with van der Waals surface area (Å²) in [5.74, 6) is 0.